The lowest BCUT2D eigenvalue weighted by Gasteiger charge is -2.19. The van der Waals surface area contributed by atoms with Crippen LogP contribution in [0.2, 0.25) is 0 Å². The molecule has 1 saturated heterocycles. The van der Waals surface area contributed by atoms with Crippen molar-refractivity contribution in [2.45, 2.75) is 53.2 Å². The maximum atomic E-state index is 11.9. The molecule has 0 aliphatic carbocycles. The quantitative estimate of drug-likeness (QED) is 0.352. The summed E-state index contributed by atoms with van der Waals surface area (Å²) >= 11 is 0. The fourth-order valence-electron chi connectivity index (χ4n) is 2.92. The van der Waals surface area contributed by atoms with E-state index in [0.717, 1.165) is 36.3 Å². The van der Waals surface area contributed by atoms with Crippen LogP contribution in [0.4, 0.5) is 0 Å². The van der Waals surface area contributed by atoms with Gasteiger partial charge in [0.1, 0.15) is 12.4 Å². The molecule has 0 bridgehead atoms. The van der Waals surface area contributed by atoms with Gasteiger partial charge in [-0.05, 0) is 31.4 Å². The lowest BCUT2D eigenvalue weighted by molar-refractivity contribution is -0.128. The van der Waals surface area contributed by atoms with Gasteiger partial charge in [-0.1, -0.05) is 32.9 Å². The fourth-order valence-corrected chi connectivity index (χ4v) is 2.92. The zero-order chi connectivity index (χ0) is 21.3. The first-order chi connectivity index (χ1) is 13.8. The number of rotatable bonds is 8. The van der Waals surface area contributed by atoms with E-state index < -0.39 is 0 Å². The molecule has 1 atom stereocenters. The topological polar surface area (TPSA) is 84.0 Å². The largest absolute Gasteiger partial charge is 0.491 e. The minimum atomic E-state index is -0.384. The number of carbonyl (C=O) groups excluding carboxylic acids is 1. The average Bonchev–Trinajstić information content (AvgIpc) is 3.19. The lowest BCUT2D eigenvalue weighted by atomic mass is 9.96. The highest BCUT2D eigenvalue weighted by molar-refractivity contribution is 5.81. The minimum absolute atomic E-state index is 0.0370. The SMILES string of the molecule is CN=C(NCCNC(=O)C(C)(C)C)NCc1ccc(C)cc1OCC1CCCO1. The van der Waals surface area contributed by atoms with Crippen LogP contribution in [0.15, 0.2) is 23.2 Å². The molecule has 0 radical (unpaired) electrons. The van der Waals surface area contributed by atoms with Gasteiger partial charge in [0.2, 0.25) is 5.91 Å². The summed E-state index contributed by atoms with van der Waals surface area (Å²) in [6.07, 6.45) is 2.35. The zero-order valence-electron chi connectivity index (χ0n) is 18.4. The van der Waals surface area contributed by atoms with Gasteiger partial charge in [-0.2, -0.15) is 0 Å². The number of ether oxygens (including phenoxy) is 2. The van der Waals surface area contributed by atoms with Crippen LogP contribution in [0.1, 0.15) is 44.7 Å². The van der Waals surface area contributed by atoms with E-state index in [4.69, 9.17) is 9.47 Å². The normalized spacial score (nSPS) is 17.1. The van der Waals surface area contributed by atoms with Crippen LogP contribution < -0.4 is 20.7 Å². The van der Waals surface area contributed by atoms with E-state index in [-0.39, 0.29) is 17.4 Å². The molecule has 162 valence electrons. The van der Waals surface area contributed by atoms with Crippen LogP contribution in [-0.2, 0) is 16.1 Å². The maximum absolute atomic E-state index is 11.9. The number of amides is 1. The van der Waals surface area contributed by atoms with Crippen LogP contribution in [0.25, 0.3) is 0 Å². The van der Waals surface area contributed by atoms with Crippen LogP contribution in [0.5, 0.6) is 5.75 Å². The second kappa shape index (κ2) is 11.0. The molecular formula is C22H36N4O3. The van der Waals surface area contributed by atoms with Gasteiger partial charge in [0.15, 0.2) is 5.96 Å². The molecule has 1 amide bonds. The molecule has 7 heteroatoms. The van der Waals surface area contributed by atoms with E-state index in [9.17, 15) is 4.79 Å². The van der Waals surface area contributed by atoms with Gasteiger partial charge in [-0.3, -0.25) is 9.79 Å². The van der Waals surface area contributed by atoms with Crippen LogP contribution in [0.3, 0.4) is 0 Å². The Morgan fingerprint density at radius 1 is 1.24 bits per heavy atom. The highest BCUT2D eigenvalue weighted by Crippen LogP contribution is 2.22. The highest BCUT2D eigenvalue weighted by atomic mass is 16.5. The molecule has 1 heterocycles. The molecule has 0 saturated carbocycles. The summed E-state index contributed by atoms with van der Waals surface area (Å²) in [4.78, 5) is 16.1. The molecule has 1 aromatic carbocycles. The summed E-state index contributed by atoms with van der Waals surface area (Å²) < 4.78 is 11.7. The summed E-state index contributed by atoms with van der Waals surface area (Å²) in [6.45, 7) is 10.9. The number of aliphatic imine (C=N–C) groups is 1. The first kappa shape index (κ1) is 23.0. The molecule has 29 heavy (non-hydrogen) atoms. The second-order valence-electron chi connectivity index (χ2n) is 8.42. The Bertz CT molecular complexity index is 692. The Kier molecular flexibility index (Phi) is 8.76. The van der Waals surface area contributed by atoms with Crippen molar-refractivity contribution >= 4 is 11.9 Å². The number of nitrogens with one attached hydrogen (secondary N) is 3. The predicted octanol–water partition coefficient (Wildman–Crippen LogP) is 2.38. The van der Waals surface area contributed by atoms with Gasteiger partial charge in [0.05, 0.1) is 6.10 Å². The Hall–Kier alpha value is -2.28. The molecule has 7 nitrogen and oxygen atoms in total. The first-order valence-corrected chi connectivity index (χ1v) is 10.4. The molecule has 0 spiro atoms. The lowest BCUT2D eigenvalue weighted by Crippen LogP contribution is -2.43. The van der Waals surface area contributed by atoms with Gasteiger partial charge >= 0.3 is 0 Å². The average molecular weight is 405 g/mol. The standard InChI is InChI=1S/C22H36N4O3/c1-16-8-9-17(19(13-16)29-15-18-7-6-12-28-18)14-26-21(23-5)25-11-10-24-20(27)22(2,3)4/h8-9,13,18H,6-7,10-12,14-15H2,1-5H3,(H,24,27)(H2,23,25,26). The van der Waals surface area contributed by atoms with Crippen molar-refractivity contribution in [2.24, 2.45) is 10.4 Å². The van der Waals surface area contributed by atoms with Crippen molar-refractivity contribution in [3.63, 3.8) is 0 Å². The summed E-state index contributed by atoms with van der Waals surface area (Å²) in [5.74, 6) is 1.59. The highest BCUT2D eigenvalue weighted by Gasteiger charge is 2.20. The molecule has 0 aromatic heterocycles. The van der Waals surface area contributed by atoms with Crippen molar-refractivity contribution in [3.05, 3.63) is 29.3 Å². The van der Waals surface area contributed by atoms with Crippen molar-refractivity contribution in [3.8, 4) is 5.75 Å². The summed E-state index contributed by atoms with van der Waals surface area (Å²) in [5, 5.41) is 9.44. The molecule has 1 aromatic rings. The summed E-state index contributed by atoms with van der Waals surface area (Å²) in [5.41, 5.74) is 1.84. The molecule has 1 unspecified atom stereocenters. The number of benzene rings is 1. The Morgan fingerprint density at radius 3 is 2.66 bits per heavy atom. The van der Waals surface area contributed by atoms with E-state index in [1.165, 1.54) is 0 Å². The molecular weight excluding hydrogens is 368 g/mol. The summed E-state index contributed by atoms with van der Waals surface area (Å²) in [6, 6.07) is 6.21. The van der Waals surface area contributed by atoms with Gasteiger partial charge in [0, 0.05) is 44.3 Å². The third-order valence-electron chi connectivity index (χ3n) is 4.73. The van der Waals surface area contributed by atoms with Crippen LogP contribution in [0, 0.1) is 12.3 Å². The third kappa shape index (κ3) is 7.93. The summed E-state index contributed by atoms with van der Waals surface area (Å²) in [7, 11) is 1.73. The number of hydrogen-bond acceptors (Lipinski definition) is 4. The minimum Gasteiger partial charge on any atom is -0.491 e. The first-order valence-electron chi connectivity index (χ1n) is 10.4. The number of aryl methyl sites for hydroxylation is 1. The molecule has 1 aliphatic rings. The third-order valence-corrected chi connectivity index (χ3v) is 4.73. The Morgan fingerprint density at radius 2 is 2.00 bits per heavy atom. The number of hydrogen-bond donors (Lipinski definition) is 3. The van der Waals surface area contributed by atoms with E-state index >= 15 is 0 Å². The van der Waals surface area contributed by atoms with E-state index in [0.29, 0.717) is 32.2 Å². The van der Waals surface area contributed by atoms with E-state index in [1.54, 1.807) is 7.05 Å². The fraction of sp³-hybridized carbons (Fsp3) is 0.636. The molecule has 1 aliphatic heterocycles. The monoisotopic (exact) mass is 404 g/mol. The van der Waals surface area contributed by atoms with Crippen molar-refractivity contribution in [1.29, 1.82) is 0 Å². The van der Waals surface area contributed by atoms with E-state index in [1.807, 2.05) is 20.8 Å². The van der Waals surface area contributed by atoms with E-state index in [2.05, 4.69) is 46.1 Å². The zero-order valence-corrected chi connectivity index (χ0v) is 18.4. The van der Waals surface area contributed by atoms with Crippen molar-refractivity contribution in [1.82, 2.24) is 16.0 Å². The number of carbonyl (C=O) groups is 1. The number of guanidine groups is 1. The maximum Gasteiger partial charge on any atom is 0.225 e. The second-order valence-corrected chi connectivity index (χ2v) is 8.42. The van der Waals surface area contributed by atoms with Gasteiger partial charge in [-0.25, -0.2) is 0 Å². The van der Waals surface area contributed by atoms with Crippen molar-refractivity contribution < 1.29 is 14.3 Å². The predicted molar refractivity (Wildman–Crippen MR) is 116 cm³/mol. The van der Waals surface area contributed by atoms with Crippen LogP contribution >= 0.6 is 0 Å². The van der Waals surface area contributed by atoms with Crippen LogP contribution in [-0.4, -0.2) is 51.3 Å². The smallest absolute Gasteiger partial charge is 0.225 e. The van der Waals surface area contributed by atoms with Gasteiger partial charge in [-0.15, -0.1) is 0 Å². The molecule has 2 rings (SSSR count). The Labute approximate surface area is 174 Å². The van der Waals surface area contributed by atoms with Crippen molar-refractivity contribution in [2.75, 3.05) is 33.4 Å². The molecule has 3 N–H and O–H groups in total. The Balaban J connectivity index is 1.81. The van der Waals surface area contributed by atoms with Gasteiger partial charge in [0.25, 0.3) is 0 Å². The van der Waals surface area contributed by atoms with Gasteiger partial charge < -0.3 is 25.4 Å². The molecule has 1 fully saturated rings. The number of nitrogens with zero attached hydrogens (tertiary/aromatic N) is 1.